The van der Waals surface area contributed by atoms with Crippen LogP contribution in [0.25, 0.3) is 0 Å². The van der Waals surface area contributed by atoms with Crippen LogP contribution in [0.5, 0.6) is 5.75 Å². The second-order valence-electron chi connectivity index (χ2n) is 6.39. The number of carbonyl (C=O) groups is 1. The minimum atomic E-state index is -0.0794. The van der Waals surface area contributed by atoms with Gasteiger partial charge >= 0.3 is 0 Å². The second kappa shape index (κ2) is 8.18. The Morgan fingerprint density at radius 1 is 1.36 bits per heavy atom. The highest BCUT2D eigenvalue weighted by atomic mass is 16.5. The van der Waals surface area contributed by atoms with Crippen LogP contribution in [-0.2, 0) is 0 Å². The first-order chi connectivity index (χ1) is 10.6. The van der Waals surface area contributed by atoms with E-state index in [2.05, 4.69) is 19.2 Å². The average Bonchev–Trinajstić information content (AvgIpc) is 2.50. The third-order valence-electron chi connectivity index (χ3n) is 4.70. The molecule has 1 aliphatic rings. The number of hydrogen-bond acceptors (Lipinski definition) is 3. The summed E-state index contributed by atoms with van der Waals surface area (Å²) < 4.78 is 5.74. The maximum atomic E-state index is 12.1. The zero-order chi connectivity index (χ0) is 15.9. The van der Waals surface area contributed by atoms with Crippen LogP contribution in [0, 0.1) is 11.8 Å². The molecule has 1 aromatic carbocycles. The highest BCUT2D eigenvalue weighted by Crippen LogP contribution is 2.27. The lowest BCUT2D eigenvalue weighted by atomic mass is 9.86. The minimum Gasteiger partial charge on any atom is -0.493 e. The number of ether oxygens (including phenoxy) is 1. The number of benzene rings is 1. The second-order valence-corrected chi connectivity index (χ2v) is 6.39. The molecule has 0 aliphatic heterocycles. The topological polar surface area (TPSA) is 64.3 Å². The van der Waals surface area contributed by atoms with Crippen LogP contribution < -0.4 is 15.8 Å². The Balaban J connectivity index is 1.77. The van der Waals surface area contributed by atoms with Crippen LogP contribution in [0.2, 0.25) is 0 Å². The Hall–Kier alpha value is -1.55. The van der Waals surface area contributed by atoms with E-state index in [0.717, 1.165) is 18.8 Å². The predicted molar refractivity (Wildman–Crippen MR) is 89.0 cm³/mol. The fourth-order valence-corrected chi connectivity index (χ4v) is 2.39. The molecular formula is C18H28N2O2. The highest BCUT2D eigenvalue weighted by Gasteiger charge is 2.18. The largest absolute Gasteiger partial charge is 0.493 e. The Kier molecular flexibility index (Phi) is 6.25. The van der Waals surface area contributed by atoms with Gasteiger partial charge in [-0.2, -0.15) is 0 Å². The Morgan fingerprint density at radius 3 is 2.59 bits per heavy atom. The van der Waals surface area contributed by atoms with E-state index in [9.17, 15) is 4.79 Å². The van der Waals surface area contributed by atoms with Gasteiger partial charge in [0.1, 0.15) is 5.75 Å². The molecule has 4 heteroatoms. The molecule has 0 heterocycles. The molecule has 1 fully saturated rings. The molecule has 0 unspecified atom stereocenters. The maximum Gasteiger partial charge on any atom is 0.251 e. The Morgan fingerprint density at radius 2 is 2.05 bits per heavy atom. The van der Waals surface area contributed by atoms with Crippen molar-refractivity contribution in [3.8, 4) is 5.75 Å². The van der Waals surface area contributed by atoms with Crippen LogP contribution >= 0.6 is 0 Å². The predicted octanol–water partition coefficient (Wildman–Crippen LogP) is 2.97. The third kappa shape index (κ3) is 4.73. The summed E-state index contributed by atoms with van der Waals surface area (Å²) in [5.74, 6) is 1.87. The summed E-state index contributed by atoms with van der Waals surface area (Å²) in [5.41, 5.74) is 6.68. The smallest absolute Gasteiger partial charge is 0.251 e. The van der Waals surface area contributed by atoms with Crippen molar-refractivity contribution in [3.63, 3.8) is 0 Å². The summed E-state index contributed by atoms with van der Waals surface area (Å²) in [6, 6.07) is 7.34. The average molecular weight is 304 g/mol. The fraction of sp³-hybridized carbons (Fsp3) is 0.611. The number of rotatable bonds is 8. The number of hydrogen-bond donors (Lipinski definition) is 2. The summed E-state index contributed by atoms with van der Waals surface area (Å²) in [6.07, 6.45) is 4.89. The van der Waals surface area contributed by atoms with Gasteiger partial charge in [0.15, 0.2) is 0 Å². The van der Waals surface area contributed by atoms with E-state index in [-0.39, 0.29) is 11.9 Å². The molecule has 0 spiro atoms. The van der Waals surface area contributed by atoms with Crippen LogP contribution in [-0.4, -0.2) is 25.1 Å². The lowest BCUT2D eigenvalue weighted by Crippen LogP contribution is -2.41. The van der Waals surface area contributed by atoms with Gasteiger partial charge < -0.3 is 15.8 Å². The van der Waals surface area contributed by atoms with E-state index in [1.54, 1.807) is 12.1 Å². The van der Waals surface area contributed by atoms with Gasteiger partial charge in [-0.05, 0) is 48.9 Å². The first-order valence-corrected chi connectivity index (χ1v) is 8.36. The molecule has 1 aliphatic carbocycles. The van der Waals surface area contributed by atoms with Gasteiger partial charge in [-0.15, -0.1) is 0 Å². The SMILES string of the molecule is CC[C@H](C)[C@H](N)CNC(=O)c1ccc(OCC2CCC2)cc1. The number of nitrogens with two attached hydrogens (primary N) is 1. The summed E-state index contributed by atoms with van der Waals surface area (Å²) in [6.45, 7) is 5.50. The lowest BCUT2D eigenvalue weighted by Gasteiger charge is -2.25. The quantitative estimate of drug-likeness (QED) is 0.776. The number of carbonyl (C=O) groups excluding carboxylic acids is 1. The van der Waals surface area contributed by atoms with E-state index >= 15 is 0 Å². The molecule has 2 atom stereocenters. The van der Waals surface area contributed by atoms with Crippen molar-refractivity contribution < 1.29 is 9.53 Å². The molecule has 2 rings (SSSR count). The zero-order valence-corrected chi connectivity index (χ0v) is 13.7. The summed E-state index contributed by atoms with van der Waals surface area (Å²) in [7, 11) is 0. The standard InChI is InChI=1S/C18H28N2O2/c1-3-13(2)17(19)11-20-18(21)15-7-9-16(10-8-15)22-12-14-5-4-6-14/h7-10,13-14,17H,3-6,11-12,19H2,1-2H3,(H,20,21)/t13-,17+/m0/s1. The van der Waals surface area contributed by atoms with E-state index in [1.807, 2.05) is 12.1 Å². The summed E-state index contributed by atoms with van der Waals surface area (Å²) in [4.78, 5) is 12.1. The molecule has 0 saturated heterocycles. The number of amides is 1. The van der Waals surface area contributed by atoms with Crippen LogP contribution in [0.1, 0.15) is 49.9 Å². The summed E-state index contributed by atoms with van der Waals surface area (Å²) >= 11 is 0. The van der Waals surface area contributed by atoms with Gasteiger partial charge in [0.25, 0.3) is 5.91 Å². The number of nitrogens with one attached hydrogen (secondary N) is 1. The summed E-state index contributed by atoms with van der Waals surface area (Å²) in [5, 5.41) is 2.90. The van der Waals surface area contributed by atoms with Crippen LogP contribution in [0.4, 0.5) is 0 Å². The van der Waals surface area contributed by atoms with Crippen molar-refractivity contribution >= 4 is 5.91 Å². The van der Waals surface area contributed by atoms with Gasteiger partial charge in [-0.3, -0.25) is 4.79 Å². The molecule has 1 saturated carbocycles. The van der Waals surface area contributed by atoms with E-state index < -0.39 is 0 Å². The van der Waals surface area contributed by atoms with Gasteiger partial charge in [0, 0.05) is 18.2 Å². The van der Waals surface area contributed by atoms with E-state index in [4.69, 9.17) is 10.5 Å². The molecule has 0 bridgehead atoms. The molecular weight excluding hydrogens is 276 g/mol. The molecule has 0 radical (unpaired) electrons. The van der Waals surface area contributed by atoms with Gasteiger partial charge in [-0.25, -0.2) is 0 Å². The highest BCUT2D eigenvalue weighted by molar-refractivity contribution is 5.94. The molecule has 3 N–H and O–H groups in total. The lowest BCUT2D eigenvalue weighted by molar-refractivity contribution is 0.0948. The first kappa shape index (κ1) is 16.8. The van der Waals surface area contributed by atoms with Gasteiger partial charge in [-0.1, -0.05) is 26.7 Å². The van der Waals surface area contributed by atoms with Gasteiger partial charge in [0.2, 0.25) is 0 Å². The third-order valence-corrected chi connectivity index (χ3v) is 4.70. The van der Waals surface area contributed by atoms with Crippen molar-refractivity contribution in [2.75, 3.05) is 13.2 Å². The monoisotopic (exact) mass is 304 g/mol. The molecule has 22 heavy (non-hydrogen) atoms. The molecule has 4 nitrogen and oxygen atoms in total. The molecule has 1 aromatic rings. The molecule has 1 amide bonds. The van der Waals surface area contributed by atoms with Crippen molar-refractivity contribution in [2.24, 2.45) is 17.6 Å². The first-order valence-electron chi connectivity index (χ1n) is 8.36. The Bertz CT molecular complexity index is 468. The Labute approximate surface area is 133 Å². The molecule has 122 valence electrons. The van der Waals surface area contributed by atoms with Crippen molar-refractivity contribution in [3.05, 3.63) is 29.8 Å². The van der Waals surface area contributed by atoms with Gasteiger partial charge in [0.05, 0.1) is 6.61 Å². The van der Waals surface area contributed by atoms with E-state index in [0.29, 0.717) is 23.9 Å². The maximum absolute atomic E-state index is 12.1. The van der Waals surface area contributed by atoms with Crippen molar-refractivity contribution in [1.82, 2.24) is 5.32 Å². The van der Waals surface area contributed by atoms with Crippen molar-refractivity contribution in [1.29, 1.82) is 0 Å². The van der Waals surface area contributed by atoms with Crippen molar-refractivity contribution in [2.45, 2.75) is 45.6 Å². The fourth-order valence-electron chi connectivity index (χ4n) is 2.39. The normalized spacial score (nSPS) is 17.4. The van der Waals surface area contributed by atoms with Crippen LogP contribution in [0.3, 0.4) is 0 Å². The van der Waals surface area contributed by atoms with Crippen LogP contribution in [0.15, 0.2) is 24.3 Å². The minimum absolute atomic E-state index is 0.000895. The molecule has 0 aromatic heterocycles. The van der Waals surface area contributed by atoms with E-state index in [1.165, 1.54) is 19.3 Å². The zero-order valence-electron chi connectivity index (χ0n) is 13.7.